The number of likely N-dealkylation sites (tertiary alicyclic amines) is 1. The van der Waals surface area contributed by atoms with Gasteiger partial charge in [-0.15, -0.1) is 0 Å². The number of carbonyl (C=O) groups excluding carboxylic acids is 1. The second-order valence-electron chi connectivity index (χ2n) is 5.78. The van der Waals surface area contributed by atoms with E-state index in [-0.39, 0.29) is 12.0 Å². The summed E-state index contributed by atoms with van der Waals surface area (Å²) < 4.78 is 11.0. The van der Waals surface area contributed by atoms with E-state index in [2.05, 4.69) is 0 Å². The van der Waals surface area contributed by atoms with Gasteiger partial charge in [0.2, 0.25) is 0 Å². The minimum atomic E-state index is -1.10. The van der Waals surface area contributed by atoms with E-state index in [1.54, 1.807) is 13.8 Å². The normalized spacial score (nSPS) is 31.5. The predicted octanol–water partition coefficient (Wildman–Crippen LogP) is 1.04. The van der Waals surface area contributed by atoms with Gasteiger partial charge in [-0.25, -0.2) is 4.79 Å². The van der Waals surface area contributed by atoms with Crippen molar-refractivity contribution in [2.24, 2.45) is 0 Å². The maximum Gasteiger partial charge on any atom is 0.329 e. The van der Waals surface area contributed by atoms with Gasteiger partial charge in [0, 0.05) is 13.2 Å². The third kappa shape index (κ3) is 2.96. The zero-order valence-electron chi connectivity index (χ0n) is 12.1. The molecule has 1 amide bonds. The molecule has 0 radical (unpaired) electrons. The van der Waals surface area contributed by atoms with Crippen LogP contribution in [0.3, 0.4) is 0 Å². The number of ether oxygens (including phenoxy) is 2. The first-order valence-corrected chi connectivity index (χ1v) is 7.23. The standard InChI is InChI=1S/C14H23NO5/c1-10(20-9-11-5-3-8-19-11)12(16)15-7-4-6-14(15,2)13(17)18/h10-11H,3-9H2,1-2H3,(H,17,18)/t10-,11-,14+/m0/s1. The summed E-state index contributed by atoms with van der Waals surface area (Å²) in [5, 5.41) is 9.32. The van der Waals surface area contributed by atoms with Gasteiger partial charge in [-0.2, -0.15) is 0 Å². The molecule has 1 N–H and O–H groups in total. The van der Waals surface area contributed by atoms with Gasteiger partial charge in [0.1, 0.15) is 11.6 Å². The van der Waals surface area contributed by atoms with E-state index >= 15 is 0 Å². The Morgan fingerprint density at radius 3 is 2.85 bits per heavy atom. The monoisotopic (exact) mass is 285 g/mol. The number of carbonyl (C=O) groups is 2. The summed E-state index contributed by atoms with van der Waals surface area (Å²) in [5.41, 5.74) is -1.10. The third-order valence-electron chi connectivity index (χ3n) is 4.27. The minimum Gasteiger partial charge on any atom is -0.480 e. The summed E-state index contributed by atoms with van der Waals surface area (Å²) >= 11 is 0. The van der Waals surface area contributed by atoms with Gasteiger partial charge < -0.3 is 19.5 Å². The fourth-order valence-electron chi connectivity index (χ4n) is 2.86. The van der Waals surface area contributed by atoms with Crippen LogP contribution in [0, 0.1) is 0 Å². The number of hydrogen-bond donors (Lipinski definition) is 1. The first-order valence-electron chi connectivity index (χ1n) is 7.23. The van der Waals surface area contributed by atoms with Crippen LogP contribution in [-0.2, 0) is 19.1 Å². The molecule has 0 aromatic rings. The lowest BCUT2D eigenvalue weighted by atomic mass is 9.99. The van der Waals surface area contributed by atoms with Gasteiger partial charge in [0.15, 0.2) is 0 Å². The highest BCUT2D eigenvalue weighted by molar-refractivity contribution is 5.89. The van der Waals surface area contributed by atoms with E-state index < -0.39 is 17.6 Å². The van der Waals surface area contributed by atoms with Crippen LogP contribution in [0.1, 0.15) is 39.5 Å². The van der Waals surface area contributed by atoms with Crippen molar-refractivity contribution in [3.8, 4) is 0 Å². The molecule has 114 valence electrons. The van der Waals surface area contributed by atoms with Crippen molar-refractivity contribution < 1.29 is 24.2 Å². The molecule has 6 heteroatoms. The Bertz CT molecular complexity index is 380. The van der Waals surface area contributed by atoms with Crippen molar-refractivity contribution in [3.63, 3.8) is 0 Å². The fourth-order valence-corrected chi connectivity index (χ4v) is 2.86. The molecule has 2 aliphatic rings. The molecule has 0 aromatic carbocycles. The number of amides is 1. The zero-order chi connectivity index (χ0) is 14.8. The second kappa shape index (κ2) is 6.10. The Kier molecular flexibility index (Phi) is 4.65. The molecule has 3 atom stereocenters. The fraction of sp³-hybridized carbons (Fsp3) is 0.857. The van der Waals surface area contributed by atoms with E-state index in [0.717, 1.165) is 19.4 Å². The molecular formula is C14H23NO5. The van der Waals surface area contributed by atoms with Crippen LogP contribution in [0.2, 0.25) is 0 Å². The lowest BCUT2D eigenvalue weighted by Crippen LogP contribution is -2.53. The first-order chi connectivity index (χ1) is 9.45. The van der Waals surface area contributed by atoms with Gasteiger partial charge in [0.05, 0.1) is 12.7 Å². The molecule has 0 saturated carbocycles. The summed E-state index contributed by atoms with van der Waals surface area (Å²) in [6, 6.07) is 0. The molecule has 2 saturated heterocycles. The minimum absolute atomic E-state index is 0.0645. The molecule has 0 spiro atoms. The second-order valence-corrected chi connectivity index (χ2v) is 5.78. The van der Waals surface area contributed by atoms with E-state index in [1.807, 2.05) is 0 Å². The van der Waals surface area contributed by atoms with Gasteiger partial charge in [-0.05, 0) is 39.5 Å². The van der Waals surface area contributed by atoms with E-state index in [0.29, 0.717) is 26.0 Å². The van der Waals surface area contributed by atoms with Crippen LogP contribution in [0.5, 0.6) is 0 Å². The smallest absolute Gasteiger partial charge is 0.329 e. The largest absolute Gasteiger partial charge is 0.480 e. The van der Waals surface area contributed by atoms with Crippen LogP contribution in [-0.4, -0.2) is 59.4 Å². The van der Waals surface area contributed by atoms with Crippen molar-refractivity contribution in [1.29, 1.82) is 0 Å². The Hall–Kier alpha value is -1.14. The molecule has 20 heavy (non-hydrogen) atoms. The van der Waals surface area contributed by atoms with Crippen LogP contribution in [0.15, 0.2) is 0 Å². The topological polar surface area (TPSA) is 76.1 Å². The van der Waals surface area contributed by atoms with Crippen molar-refractivity contribution in [1.82, 2.24) is 4.90 Å². The van der Waals surface area contributed by atoms with Gasteiger partial charge in [-0.1, -0.05) is 0 Å². The molecule has 2 fully saturated rings. The van der Waals surface area contributed by atoms with Crippen LogP contribution >= 0.6 is 0 Å². The summed E-state index contributed by atoms with van der Waals surface area (Å²) in [5.74, 6) is -1.19. The molecule has 0 aromatic heterocycles. The van der Waals surface area contributed by atoms with E-state index in [9.17, 15) is 14.7 Å². The highest BCUT2D eigenvalue weighted by Crippen LogP contribution is 2.30. The predicted molar refractivity (Wildman–Crippen MR) is 71.4 cm³/mol. The summed E-state index contributed by atoms with van der Waals surface area (Å²) in [6.07, 6.45) is 2.63. The molecule has 2 heterocycles. The Morgan fingerprint density at radius 1 is 1.50 bits per heavy atom. The maximum absolute atomic E-state index is 12.4. The number of rotatable bonds is 5. The van der Waals surface area contributed by atoms with Crippen LogP contribution in [0.4, 0.5) is 0 Å². The number of carboxylic acid groups (broad SMARTS) is 1. The van der Waals surface area contributed by atoms with Crippen LogP contribution < -0.4 is 0 Å². The van der Waals surface area contributed by atoms with Gasteiger partial charge >= 0.3 is 5.97 Å². The number of aliphatic carboxylic acids is 1. The Labute approximate surface area is 119 Å². The highest BCUT2D eigenvalue weighted by atomic mass is 16.5. The van der Waals surface area contributed by atoms with Gasteiger partial charge in [0.25, 0.3) is 5.91 Å². The lowest BCUT2D eigenvalue weighted by molar-refractivity contribution is -0.161. The molecule has 2 aliphatic heterocycles. The van der Waals surface area contributed by atoms with Crippen molar-refractivity contribution in [2.75, 3.05) is 19.8 Å². The lowest BCUT2D eigenvalue weighted by Gasteiger charge is -2.33. The van der Waals surface area contributed by atoms with Gasteiger partial charge in [-0.3, -0.25) is 4.79 Å². The number of hydrogen-bond acceptors (Lipinski definition) is 4. The summed E-state index contributed by atoms with van der Waals surface area (Å²) in [7, 11) is 0. The van der Waals surface area contributed by atoms with E-state index in [4.69, 9.17) is 9.47 Å². The van der Waals surface area contributed by atoms with E-state index in [1.165, 1.54) is 4.90 Å². The molecular weight excluding hydrogens is 262 g/mol. The molecule has 0 aliphatic carbocycles. The van der Waals surface area contributed by atoms with Crippen molar-refractivity contribution in [2.45, 2.75) is 57.3 Å². The average Bonchev–Trinajstić information content (AvgIpc) is 3.05. The maximum atomic E-state index is 12.4. The Balaban J connectivity index is 1.90. The SMILES string of the molecule is C[C@H](OC[C@@H]1CCCO1)C(=O)N1CCC[C@]1(C)C(=O)O. The third-order valence-corrected chi connectivity index (χ3v) is 4.27. The average molecular weight is 285 g/mol. The molecule has 0 bridgehead atoms. The number of nitrogens with zero attached hydrogens (tertiary/aromatic N) is 1. The number of carboxylic acids is 1. The first kappa shape index (κ1) is 15.3. The summed E-state index contributed by atoms with van der Waals surface area (Å²) in [4.78, 5) is 25.2. The quantitative estimate of drug-likeness (QED) is 0.816. The molecule has 6 nitrogen and oxygen atoms in total. The molecule has 2 rings (SSSR count). The summed E-state index contributed by atoms with van der Waals surface area (Å²) in [6.45, 7) is 4.91. The highest BCUT2D eigenvalue weighted by Gasteiger charge is 2.47. The van der Waals surface area contributed by atoms with Crippen LogP contribution in [0.25, 0.3) is 0 Å². The Morgan fingerprint density at radius 2 is 2.25 bits per heavy atom. The van der Waals surface area contributed by atoms with Crippen molar-refractivity contribution >= 4 is 11.9 Å². The zero-order valence-corrected chi connectivity index (χ0v) is 12.1. The molecule has 0 unspecified atom stereocenters. The van der Waals surface area contributed by atoms with Crippen molar-refractivity contribution in [3.05, 3.63) is 0 Å².